The number of nitrogens with zero attached hydrogens (tertiary/aromatic N) is 2. The molecule has 1 fully saturated rings. The maximum atomic E-state index is 13.2. The van der Waals surface area contributed by atoms with E-state index in [1.54, 1.807) is 19.1 Å². The predicted octanol–water partition coefficient (Wildman–Crippen LogP) is 3.38. The zero-order valence-electron chi connectivity index (χ0n) is 20.9. The van der Waals surface area contributed by atoms with Gasteiger partial charge in [0.2, 0.25) is 10.0 Å². The first-order chi connectivity index (χ1) is 17.1. The van der Waals surface area contributed by atoms with E-state index in [1.807, 2.05) is 43.3 Å². The highest BCUT2D eigenvalue weighted by molar-refractivity contribution is 7.89. The van der Waals surface area contributed by atoms with Gasteiger partial charge in [0, 0.05) is 36.3 Å². The molecule has 2 aromatic rings. The van der Waals surface area contributed by atoms with Crippen LogP contribution in [0.2, 0.25) is 5.02 Å². The van der Waals surface area contributed by atoms with Gasteiger partial charge in [0.25, 0.3) is 0 Å². The number of ether oxygens (including phenoxy) is 1. The van der Waals surface area contributed by atoms with Crippen LogP contribution in [-0.2, 0) is 19.6 Å². The molecule has 10 heteroatoms. The first kappa shape index (κ1) is 28.3. The maximum absolute atomic E-state index is 13.2. The third kappa shape index (κ3) is 6.92. The standard InChI is InChI=1S/C26H34ClN3O5S/c1-4-35-26(32)19-12-14-30(15-13-19)36(33,34)21-9-7-8-20(16-21)25(31)18-28-17-24(29(2)3)22-10-5-6-11-23(22)27/h5-11,16,19,24,28H,4,12-15,17-18H2,1-3H3. The molecule has 0 radical (unpaired) electrons. The molecule has 1 unspecified atom stereocenters. The first-order valence-corrected chi connectivity index (χ1v) is 13.9. The summed E-state index contributed by atoms with van der Waals surface area (Å²) in [5.41, 5.74) is 1.29. The lowest BCUT2D eigenvalue weighted by molar-refractivity contribution is -0.149. The SMILES string of the molecule is CCOC(=O)C1CCN(S(=O)(=O)c2cccc(C(=O)CNCC(c3ccccc3Cl)N(C)C)c2)CC1. The summed E-state index contributed by atoms with van der Waals surface area (Å²) >= 11 is 6.36. The quantitative estimate of drug-likeness (QED) is 0.348. The summed E-state index contributed by atoms with van der Waals surface area (Å²) in [6, 6.07) is 13.7. The summed E-state index contributed by atoms with van der Waals surface area (Å²) in [7, 11) is 0.113. The number of halogens is 1. The molecule has 8 nitrogen and oxygen atoms in total. The third-order valence-electron chi connectivity index (χ3n) is 6.38. The highest BCUT2D eigenvalue weighted by Crippen LogP contribution is 2.26. The molecule has 1 N–H and O–H groups in total. The number of hydrogen-bond donors (Lipinski definition) is 1. The van der Waals surface area contributed by atoms with Crippen molar-refractivity contribution in [3.8, 4) is 0 Å². The van der Waals surface area contributed by atoms with Gasteiger partial charge in [-0.1, -0.05) is 41.9 Å². The number of carbonyl (C=O) groups is 2. The minimum atomic E-state index is -3.78. The van der Waals surface area contributed by atoms with E-state index >= 15 is 0 Å². The maximum Gasteiger partial charge on any atom is 0.309 e. The fraction of sp³-hybridized carbons (Fsp3) is 0.462. The van der Waals surface area contributed by atoms with E-state index in [2.05, 4.69) is 5.32 Å². The zero-order valence-corrected chi connectivity index (χ0v) is 22.5. The Labute approximate surface area is 218 Å². The van der Waals surface area contributed by atoms with Gasteiger partial charge in [0.15, 0.2) is 5.78 Å². The van der Waals surface area contributed by atoms with E-state index in [0.29, 0.717) is 36.6 Å². The summed E-state index contributed by atoms with van der Waals surface area (Å²) < 4.78 is 32.8. The van der Waals surface area contributed by atoms with Crippen LogP contribution in [0, 0.1) is 5.92 Å². The normalized spacial score (nSPS) is 16.1. The van der Waals surface area contributed by atoms with Gasteiger partial charge in [-0.3, -0.25) is 9.59 Å². The Bertz CT molecular complexity index is 1160. The molecule has 0 amide bonds. The van der Waals surface area contributed by atoms with Gasteiger partial charge in [-0.15, -0.1) is 0 Å². The molecule has 1 saturated heterocycles. The van der Waals surface area contributed by atoms with Crippen molar-refractivity contribution in [1.29, 1.82) is 0 Å². The highest BCUT2D eigenvalue weighted by atomic mass is 35.5. The van der Waals surface area contributed by atoms with Gasteiger partial charge < -0.3 is 15.0 Å². The second-order valence-electron chi connectivity index (χ2n) is 9.01. The van der Waals surface area contributed by atoms with E-state index in [9.17, 15) is 18.0 Å². The molecule has 1 aliphatic rings. The molecule has 196 valence electrons. The molecule has 0 aromatic heterocycles. The number of rotatable bonds is 11. The van der Waals surface area contributed by atoms with Crippen LogP contribution in [0.1, 0.15) is 41.7 Å². The van der Waals surface area contributed by atoms with Crippen LogP contribution < -0.4 is 5.32 Å². The first-order valence-electron chi connectivity index (χ1n) is 12.1. The number of carbonyl (C=O) groups excluding carboxylic acids is 2. The summed E-state index contributed by atoms with van der Waals surface area (Å²) in [6.07, 6.45) is 0.832. The average molecular weight is 536 g/mol. The van der Waals surface area contributed by atoms with Crippen molar-refractivity contribution in [2.75, 3.05) is 46.9 Å². The molecule has 36 heavy (non-hydrogen) atoms. The van der Waals surface area contributed by atoms with E-state index < -0.39 is 10.0 Å². The molecule has 2 aromatic carbocycles. The van der Waals surface area contributed by atoms with Crippen molar-refractivity contribution < 1.29 is 22.7 Å². The molecule has 1 aliphatic heterocycles. The van der Waals surface area contributed by atoms with Gasteiger partial charge in [0.05, 0.1) is 24.0 Å². The fourth-order valence-corrected chi connectivity index (χ4v) is 6.09. The Morgan fingerprint density at radius 1 is 1.14 bits per heavy atom. The Kier molecular flexibility index (Phi) is 10.0. The summed E-state index contributed by atoms with van der Waals surface area (Å²) in [6.45, 7) is 3.09. The number of esters is 1. The van der Waals surface area contributed by atoms with Crippen LogP contribution in [0.3, 0.4) is 0 Å². The lowest BCUT2D eigenvalue weighted by Gasteiger charge is -2.30. The highest BCUT2D eigenvalue weighted by Gasteiger charge is 2.33. The minimum Gasteiger partial charge on any atom is -0.466 e. The number of nitrogens with one attached hydrogen (secondary N) is 1. The zero-order chi connectivity index (χ0) is 26.3. The Balaban J connectivity index is 1.62. The molecule has 3 rings (SSSR count). The molecule has 0 aliphatic carbocycles. The van der Waals surface area contributed by atoms with Crippen LogP contribution >= 0.6 is 11.6 Å². The number of ketones is 1. The predicted molar refractivity (Wildman–Crippen MR) is 140 cm³/mol. The summed E-state index contributed by atoms with van der Waals surface area (Å²) in [5, 5.41) is 3.85. The van der Waals surface area contributed by atoms with Crippen molar-refractivity contribution in [1.82, 2.24) is 14.5 Å². The second-order valence-corrected chi connectivity index (χ2v) is 11.4. The lowest BCUT2D eigenvalue weighted by Crippen LogP contribution is -2.40. The number of benzene rings is 2. The monoisotopic (exact) mass is 535 g/mol. The number of hydrogen-bond acceptors (Lipinski definition) is 7. The van der Waals surface area contributed by atoms with Crippen LogP contribution in [-0.4, -0.2) is 76.3 Å². The van der Waals surface area contributed by atoms with Gasteiger partial charge in [-0.2, -0.15) is 4.31 Å². The number of sulfonamides is 1. The molecule has 1 heterocycles. The van der Waals surface area contributed by atoms with Crippen LogP contribution in [0.4, 0.5) is 0 Å². The Morgan fingerprint density at radius 2 is 1.83 bits per heavy atom. The van der Waals surface area contributed by atoms with Crippen molar-refractivity contribution in [3.05, 3.63) is 64.7 Å². The second kappa shape index (κ2) is 12.8. The van der Waals surface area contributed by atoms with Gasteiger partial charge >= 0.3 is 5.97 Å². The fourth-order valence-electron chi connectivity index (χ4n) is 4.31. The van der Waals surface area contributed by atoms with Crippen molar-refractivity contribution in [2.45, 2.75) is 30.7 Å². The number of piperidine rings is 1. The van der Waals surface area contributed by atoms with E-state index in [-0.39, 0.29) is 48.2 Å². The summed E-state index contributed by atoms with van der Waals surface area (Å²) in [5.74, 6) is -0.766. The van der Waals surface area contributed by atoms with Crippen LogP contribution in [0.25, 0.3) is 0 Å². The number of likely N-dealkylation sites (N-methyl/N-ethyl adjacent to an activating group) is 1. The molecule has 0 spiro atoms. The molecule has 0 bridgehead atoms. The lowest BCUT2D eigenvalue weighted by atomic mass is 9.98. The van der Waals surface area contributed by atoms with Gasteiger partial charge in [-0.25, -0.2) is 8.42 Å². The minimum absolute atomic E-state index is 0.0317. The molecule has 0 saturated carbocycles. The van der Waals surface area contributed by atoms with Crippen LogP contribution in [0.15, 0.2) is 53.4 Å². The van der Waals surface area contributed by atoms with Gasteiger partial charge in [0.1, 0.15) is 0 Å². The molecule has 1 atom stereocenters. The van der Waals surface area contributed by atoms with Gasteiger partial charge in [-0.05, 0) is 57.6 Å². The smallest absolute Gasteiger partial charge is 0.309 e. The van der Waals surface area contributed by atoms with E-state index in [0.717, 1.165) is 5.56 Å². The average Bonchev–Trinajstić information content (AvgIpc) is 2.87. The largest absolute Gasteiger partial charge is 0.466 e. The van der Waals surface area contributed by atoms with Crippen LogP contribution in [0.5, 0.6) is 0 Å². The van der Waals surface area contributed by atoms with Crippen molar-refractivity contribution in [2.24, 2.45) is 5.92 Å². The van der Waals surface area contributed by atoms with E-state index in [4.69, 9.17) is 16.3 Å². The Hall–Kier alpha value is -2.30. The molecular weight excluding hydrogens is 502 g/mol. The molecular formula is C26H34ClN3O5S. The van der Waals surface area contributed by atoms with Crippen molar-refractivity contribution in [3.63, 3.8) is 0 Å². The Morgan fingerprint density at radius 3 is 2.47 bits per heavy atom. The number of Topliss-reactive ketones (excluding diaryl/α,β-unsaturated/α-hetero) is 1. The summed E-state index contributed by atoms with van der Waals surface area (Å²) in [4.78, 5) is 26.9. The third-order valence-corrected chi connectivity index (χ3v) is 8.62. The van der Waals surface area contributed by atoms with Crippen molar-refractivity contribution >= 4 is 33.4 Å². The topological polar surface area (TPSA) is 96.0 Å². The van der Waals surface area contributed by atoms with E-state index in [1.165, 1.54) is 16.4 Å².